The second-order valence-corrected chi connectivity index (χ2v) is 4.79. The molecule has 2 rings (SSSR count). The number of aliphatic carboxylic acids is 1. The van der Waals surface area contributed by atoms with Crippen LogP contribution in [0.15, 0.2) is 0 Å². The molecule has 0 aliphatic heterocycles. The number of aromatic nitrogens is 2. The van der Waals surface area contributed by atoms with Crippen molar-refractivity contribution in [2.75, 3.05) is 11.4 Å². The van der Waals surface area contributed by atoms with E-state index in [4.69, 9.17) is 5.11 Å². The Morgan fingerprint density at radius 2 is 2.16 bits per heavy atom. The molecular weight excluding hydrogens is 244 g/mol. The fraction of sp³-hybridized carbons (Fsp3) is 0.538. The van der Waals surface area contributed by atoms with Crippen LogP contribution in [0.25, 0.3) is 0 Å². The first-order valence-electron chi connectivity index (χ1n) is 6.27. The van der Waals surface area contributed by atoms with Crippen molar-refractivity contribution in [2.45, 2.75) is 39.2 Å². The maximum Gasteiger partial charge on any atom is 0.305 e. The van der Waals surface area contributed by atoms with Crippen LogP contribution < -0.4 is 4.90 Å². The van der Waals surface area contributed by atoms with Crippen LogP contribution in [-0.2, 0) is 4.79 Å². The van der Waals surface area contributed by atoms with Gasteiger partial charge in [-0.2, -0.15) is 10.4 Å². The Hall–Kier alpha value is -2.16. The highest BCUT2D eigenvalue weighted by Crippen LogP contribution is 2.33. The van der Waals surface area contributed by atoms with Crippen molar-refractivity contribution in [3.8, 4) is 6.07 Å². The van der Waals surface area contributed by atoms with Gasteiger partial charge >= 0.3 is 5.97 Å². The molecule has 6 nitrogen and oxygen atoms in total. The lowest BCUT2D eigenvalue weighted by Crippen LogP contribution is -2.30. The van der Waals surface area contributed by atoms with Crippen LogP contribution >= 0.6 is 0 Å². The molecule has 100 valence electrons. The van der Waals surface area contributed by atoms with Crippen LogP contribution in [0.1, 0.15) is 36.1 Å². The van der Waals surface area contributed by atoms with Crippen molar-refractivity contribution in [1.29, 1.82) is 5.26 Å². The summed E-state index contributed by atoms with van der Waals surface area (Å²) in [5.41, 5.74) is 2.05. The van der Waals surface area contributed by atoms with Crippen molar-refractivity contribution >= 4 is 11.8 Å². The summed E-state index contributed by atoms with van der Waals surface area (Å²) in [5, 5.41) is 26.3. The van der Waals surface area contributed by atoms with E-state index in [0.29, 0.717) is 24.0 Å². The van der Waals surface area contributed by atoms with Gasteiger partial charge in [-0.05, 0) is 32.3 Å². The van der Waals surface area contributed by atoms with Gasteiger partial charge in [0, 0.05) is 12.6 Å². The molecule has 0 spiro atoms. The van der Waals surface area contributed by atoms with E-state index >= 15 is 0 Å². The molecule has 19 heavy (non-hydrogen) atoms. The van der Waals surface area contributed by atoms with E-state index in [1.807, 2.05) is 18.7 Å². The SMILES string of the molecule is Cc1nnc(N(CCC(=O)O)C2CC2)c(C#N)c1C. The van der Waals surface area contributed by atoms with E-state index in [2.05, 4.69) is 16.3 Å². The van der Waals surface area contributed by atoms with Crippen molar-refractivity contribution in [3.05, 3.63) is 16.8 Å². The summed E-state index contributed by atoms with van der Waals surface area (Å²) >= 11 is 0. The number of carbonyl (C=O) groups is 1. The molecule has 0 atom stereocenters. The highest BCUT2D eigenvalue weighted by Gasteiger charge is 2.32. The molecule has 1 aromatic rings. The largest absolute Gasteiger partial charge is 0.481 e. The molecule has 6 heteroatoms. The first-order chi connectivity index (χ1) is 9.04. The number of rotatable bonds is 5. The van der Waals surface area contributed by atoms with Gasteiger partial charge in [0.05, 0.1) is 12.1 Å². The second kappa shape index (κ2) is 5.22. The smallest absolute Gasteiger partial charge is 0.305 e. The monoisotopic (exact) mass is 260 g/mol. The van der Waals surface area contributed by atoms with Gasteiger partial charge in [-0.15, -0.1) is 5.10 Å². The number of hydrogen-bond donors (Lipinski definition) is 1. The Morgan fingerprint density at radius 3 is 2.68 bits per heavy atom. The standard InChI is InChI=1S/C13H16N4O2/c1-8-9(2)15-16-13(11(8)7-14)17(10-3-4-10)6-5-12(18)19/h10H,3-6H2,1-2H3,(H,18,19). The van der Waals surface area contributed by atoms with Crippen LogP contribution in [0, 0.1) is 25.2 Å². The molecule has 0 radical (unpaired) electrons. The molecule has 0 saturated heterocycles. The number of aryl methyl sites for hydroxylation is 1. The van der Waals surface area contributed by atoms with Crippen molar-refractivity contribution in [3.63, 3.8) is 0 Å². The highest BCUT2D eigenvalue weighted by molar-refractivity contribution is 5.68. The van der Waals surface area contributed by atoms with E-state index in [1.165, 1.54) is 0 Å². The second-order valence-electron chi connectivity index (χ2n) is 4.79. The average molecular weight is 260 g/mol. The fourth-order valence-corrected chi connectivity index (χ4v) is 1.99. The van der Waals surface area contributed by atoms with Crippen LogP contribution in [-0.4, -0.2) is 33.9 Å². The summed E-state index contributed by atoms with van der Waals surface area (Å²) in [4.78, 5) is 12.6. The summed E-state index contributed by atoms with van der Waals surface area (Å²) in [6.45, 7) is 4.02. The first kappa shape index (κ1) is 13.3. The lowest BCUT2D eigenvalue weighted by molar-refractivity contribution is -0.136. The predicted molar refractivity (Wildman–Crippen MR) is 68.8 cm³/mol. The zero-order valence-electron chi connectivity index (χ0n) is 11.1. The normalized spacial score (nSPS) is 13.9. The third kappa shape index (κ3) is 2.81. The molecule has 0 aromatic carbocycles. The Bertz CT molecular complexity index is 546. The van der Waals surface area contributed by atoms with Crippen LogP contribution in [0.4, 0.5) is 5.82 Å². The molecule has 1 saturated carbocycles. The predicted octanol–water partition coefficient (Wildman–Crippen LogP) is 1.41. The number of nitriles is 1. The van der Waals surface area contributed by atoms with Crippen LogP contribution in [0.3, 0.4) is 0 Å². The van der Waals surface area contributed by atoms with Crippen LogP contribution in [0.5, 0.6) is 0 Å². The van der Waals surface area contributed by atoms with E-state index in [0.717, 1.165) is 24.1 Å². The van der Waals surface area contributed by atoms with Gasteiger partial charge in [0.25, 0.3) is 0 Å². The molecule has 1 N–H and O–H groups in total. The third-order valence-corrected chi connectivity index (χ3v) is 3.37. The molecule has 0 amide bonds. The maximum absolute atomic E-state index is 10.7. The molecule has 1 aliphatic carbocycles. The average Bonchev–Trinajstić information content (AvgIpc) is 3.18. The quantitative estimate of drug-likeness (QED) is 0.860. The molecule has 1 aromatic heterocycles. The lowest BCUT2D eigenvalue weighted by Gasteiger charge is -2.23. The minimum atomic E-state index is -0.846. The number of carboxylic acids is 1. The Morgan fingerprint density at radius 1 is 1.47 bits per heavy atom. The fourth-order valence-electron chi connectivity index (χ4n) is 1.99. The zero-order valence-corrected chi connectivity index (χ0v) is 11.1. The summed E-state index contributed by atoms with van der Waals surface area (Å²) < 4.78 is 0. The van der Waals surface area contributed by atoms with Gasteiger partial charge in [-0.25, -0.2) is 0 Å². The summed E-state index contributed by atoms with van der Waals surface area (Å²) in [6.07, 6.45) is 2.06. The molecule has 1 aliphatic rings. The highest BCUT2D eigenvalue weighted by atomic mass is 16.4. The topological polar surface area (TPSA) is 90.1 Å². The van der Waals surface area contributed by atoms with E-state index < -0.39 is 5.97 Å². The molecule has 1 heterocycles. The Labute approximate surface area is 111 Å². The van der Waals surface area contributed by atoms with E-state index in [1.54, 1.807) is 0 Å². The van der Waals surface area contributed by atoms with Gasteiger partial charge in [0.1, 0.15) is 11.6 Å². The Kier molecular flexibility index (Phi) is 3.65. The maximum atomic E-state index is 10.7. The van der Waals surface area contributed by atoms with Crippen LogP contribution in [0.2, 0.25) is 0 Å². The van der Waals surface area contributed by atoms with Gasteiger partial charge in [-0.3, -0.25) is 4.79 Å². The van der Waals surface area contributed by atoms with Gasteiger partial charge < -0.3 is 10.0 Å². The van der Waals surface area contributed by atoms with Crippen molar-refractivity contribution in [1.82, 2.24) is 10.2 Å². The minimum absolute atomic E-state index is 0.0377. The van der Waals surface area contributed by atoms with Crippen molar-refractivity contribution in [2.24, 2.45) is 0 Å². The molecule has 0 unspecified atom stereocenters. The number of hydrogen-bond acceptors (Lipinski definition) is 5. The van der Waals surface area contributed by atoms with E-state index in [9.17, 15) is 10.1 Å². The molecular formula is C13H16N4O2. The first-order valence-corrected chi connectivity index (χ1v) is 6.27. The molecule has 0 bridgehead atoms. The third-order valence-electron chi connectivity index (χ3n) is 3.37. The minimum Gasteiger partial charge on any atom is -0.481 e. The van der Waals surface area contributed by atoms with Gasteiger partial charge in [-0.1, -0.05) is 0 Å². The summed E-state index contributed by atoms with van der Waals surface area (Å²) in [7, 11) is 0. The Balaban J connectivity index is 2.34. The number of carboxylic acid groups (broad SMARTS) is 1. The lowest BCUT2D eigenvalue weighted by atomic mass is 10.1. The van der Waals surface area contributed by atoms with Gasteiger partial charge in [0.15, 0.2) is 5.82 Å². The summed E-state index contributed by atoms with van der Waals surface area (Å²) in [5.74, 6) is -0.324. The molecule has 1 fully saturated rings. The van der Waals surface area contributed by atoms with Crippen molar-refractivity contribution < 1.29 is 9.90 Å². The number of anilines is 1. The van der Waals surface area contributed by atoms with E-state index in [-0.39, 0.29) is 6.42 Å². The summed E-state index contributed by atoms with van der Waals surface area (Å²) in [6, 6.07) is 2.46. The number of nitrogens with zero attached hydrogens (tertiary/aromatic N) is 4. The van der Waals surface area contributed by atoms with Gasteiger partial charge in [0.2, 0.25) is 0 Å². The zero-order chi connectivity index (χ0) is 14.0.